The van der Waals surface area contributed by atoms with Crippen molar-refractivity contribution in [2.24, 2.45) is 0 Å². The molecule has 0 saturated carbocycles. The number of thiophene rings is 2. The number of rotatable bonds is 22. The van der Waals surface area contributed by atoms with E-state index < -0.39 is 7.26 Å². The smallest absolute Gasteiger partial charge is 1.00 e. The molecule has 0 bridgehead atoms. The van der Waals surface area contributed by atoms with Gasteiger partial charge in [-0.25, -0.2) is 0 Å². The molecule has 8 rings (SSSR count). The minimum absolute atomic E-state index is 0. The van der Waals surface area contributed by atoms with Crippen molar-refractivity contribution in [2.75, 3.05) is 36.0 Å². The SMILES string of the molecule is C.CCCCN(CCCC)c1ccc(/C=C/c2cccs2)cc1.CCCCN(CCCC)c1ccc(C=O)cc1.[Cl-].[Li+].[c-]1ccccc1.c1ccc([P+](Cc2cccs2)(c2ccccc2)c2ccccc2)cc1. The minimum atomic E-state index is -1.73. The van der Waals surface area contributed by atoms with Gasteiger partial charge in [-0.2, -0.15) is 36.4 Å². The average Bonchev–Trinajstić information content (AvgIpc) is 4.17. The largest absolute Gasteiger partial charge is 1.00 e. The Kier molecular flexibility index (Phi) is 33.9. The van der Waals surface area contributed by atoms with Crippen molar-refractivity contribution in [1.29, 1.82) is 0 Å². The summed E-state index contributed by atoms with van der Waals surface area (Å²) in [4.78, 5) is 18.3. The summed E-state index contributed by atoms with van der Waals surface area (Å²) in [7, 11) is -1.73. The molecule has 6 aromatic carbocycles. The summed E-state index contributed by atoms with van der Waals surface area (Å²) in [5, 5.41) is 8.63. The van der Waals surface area contributed by atoms with Crippen LogP contribution in [0.15, 0.2) is 205 Å². The zero-order valence-electron chi connectivity index (χ0n) is 43.5. The van der Waals surface area contributed by atoms with E-state index in [4.69, 9.17) is 0 Å². The van der Waals surface area contributed by atoms with Crippen molar-refractivity contribution in [1.82, 2.24) is 0 Å². The third kappa shape index (κ3) is 22.2. The number of benzene rings is 6. The van der Waals surface area contributed by atoms with E-state index in [0.717, 1.165) is 31.1 Å². The molecule has 0 N–H and O–H groups in total. The number of carbonyl (C=O) groups is 1. The Balaban J connectivity index is 0.000000352. The quantitative estimate of drug-likeness (QED) is 0.0292. The van der Waals surface area contributed by atoms with Crippen LogP contribution in [0.4, 0.5) is 11.4 Å². The number of carbonyl (C=O) groups excluding carboxylic acids is 1. The van der Waals surface area contributed by atoms with Crippen LogP contribution in [0.5, 0.6) is 0 Å². The summed E-state index contributed by atoms with van der Waals surface area (Å²) in [6.07, 6.45) is 16.3. The van der Waals surface area contributed by atoms with E-state index in [1.807, 2.05) is 53.8 Å². The van der Waals surface area contributed by atoms with Crippen LogP contribution < -0.4 is 57.0 Å². The number of halogens is 1. The molecule has 2 heterocycles. The zero-order valence-corrected chi connectivity index (χ0v) is 46.8. The van der Waals surface area contributed by atoms with Crippen molar-refractivity contribution >= 4 is 75.7 Å². The van der Waals surface area contributed by atoms with E-state index in [1.54, 1.807) is 11.3 Å². The number of unbranched alkanes of at least 4 members (excludes halogenated alkanes) is 4. The fourth-order valence-corrected chi connectivity index (χ4v) is 14.1. The summed E-state index contributed by atoms with van der Waals surface area (Å²) >= 11 is 3.63. The second-order valence-corrected chi connectivity index (χ2v) is 22.7. The molecule has 0 radical (unpaired) electrons. The van der Waals surface area contributed by atoms with Crippen molar-refractivity contribution in [3.05, 3.63) is 232 Å². The second-order valence-electron chi connectivity index (χ2n) is 17.2. The maximum Gasteiger partial charge on any atom is 1.00 e. The minimum Gasteiger partial charge on any atom is -1.00 e. The fourth-order valence-electron chi connectivity index (χ4n) is 8.01. The molecule has 0 unspecified atom stereocenters. The number of nitrogens with zero attached hydrogens (tertiary/aromatic N) is 2. The van der Waals surface area contributed by atoms with Gasteiger partial charge in [0.15, 0.2) is 0 Å². The molecule has 0 atom stereocenters. The monoisotopic (exact) mass is 1040 g/mol. The van der Waals surface area contributed by atoms with E-state index in [0.29, 0.717) is 0 Å². The van der Waals surface area contributed by atoms with Crippen molar-refractivity contribution < 1.29 is 36.1 Å². The molecule has 2 aromatic heterocycles. The first-order valence-corrected chi connectivity index (χ1v) is 29.1. The Morgan fingerprint density at radius 1 is 0.466 bits per heavy atom. The van der Waals surface area contributed by atoms with Gasteiger partial charge in [0.2, 0.25) is 0 Å². The Morgan fingerprint density at radius 3 is 1.19 bits per heavy atom. The number of aldehydes is 1. The van der Waals surface area contributed by atoms with Crippen LogP contribution in [0.25, 0.3) is 12.2 Å². The number of hydrogen-bond donors (Lipinski definition) is 0. The van der Waals surface area contributed by atoms with Gasteiger partial charge in [0.1, 0.15) is 35.6 Å². The Morgan fingerprint density at radius 2 is 0.863 bits per heavy atom. The van der Waals surface area contributed by atoms with Gasteiger partial charge >= 0.3 is 18.9 Å². The zero-order chi connectivity index (χ0) is 49.3. The molecule has 0 aliphatic heterocycles. The predicted octanol–water partition coefficient (Wildman–Crippen LogP) is 11.6. The second kappa shape index (κ2) is 38.6. The summed E-state index contributed by atoms with van der Waals surface area (Å²) in [6.45, 7) is 13.5. The molecule has 8 aromatic rings. The Bertz CT molecular complexity index is 2390. The Labute approximate surface area is 468 Å². The molecule has 0 aliphatic rings. The summed E-state index contributed by atoms with van der Waals surface area (Å²) in [5.41, 5.74) is 4.61. The Hall–Kier alpha value is -4.95. The van der Waals surface area contributed by atoms with Crippen LogP contribution in [0, 0.1) is 6.07 Å². The molecule has 0 fully saturated rings. The van der Waals surface area contributed by atoms with E-state index in [-0.39, 0.29) is 38.7 Å². The normalized spacial score (nSPS) is 10.3. The van der Waals surface area contributed by atoms with Gasteiger partial charge in [0.05, 0.1) is 0 Å². The van der Waals surface area contributed by atoms with E-state index in [9.17, 15) is 4.79 Å². The summed E-state index contributed by atoms with van der Waals surface area (Å²) < 4.78 is 0. The predicted molar refractivity (Wildman–Crippen MR) is 321 cm³/mol. The van der Waals surface area contributed by atoms with Crippen LogP contribution in [-0.4, -0.2) is 32.5 Å². The van der Waals surface area contributed by atoms with Crippen molar-refractivity contribution in [3.63, 3.8) is 0 Å². The molecule has 0 aliphatic carbocycles. The van der Waals surface area contributed by atoms with Gasteiger partial charge < -0.3 is 22.2 Å². The van der Waals surface area contributed by atoms with E-state index in [1.165, 1.54) is 107 Å². The van der Waals surface area contributed by atoms with Crippen molar-refractivity contribution in [2.45, 2.75) is 92.7 Å². The molecule has 0 spiro atoms. The van der Waals surface area contributed by atoms with Gasteiger partial charge in [-0.3, -0.25) is 4.79 Å². The van der Waals surface area contributed by atoms with Gasteiger partial charge in [-0.1, -0.05) is 146 Å². The molecule has 8 heteroatoms. The van der Waals surface area contributed by atoms with Crippen molar-refractivity contribution in [3.8, 4) is 0 Å². The maximum atomic E-state index is 10.6. The molecule has 380 valence electrons. The standard InChI is InChI=1S/C23H20PS.C20H27NS.C15H23NO.C6H5.CH4.ClH.Li/c1-4-11-20(12-5-1)24(19-23-17-10-18-25-23,21-13-6-2-7-14-21)22-15-8-3-9-16-22;1-3-5-15-21(16-6-4-2)19-12-9-18(10-13-19)11-14-20-8-7-17-22-20;1-3-5-11-16(12-6-4-2)15-9-7-14(13-17)8-10-15;1-2-4-6-5-3-1;;;/h1-18H,19H2;7-14,17H,3-6,15-16H2,1-2H3;7-10,13H,3-6,11-12H2,1-2H3;1-5H;1H4;1H;/q+1;;;-1;;;+1/p-1/b;14-11+;;;;;. The van der Waals surface area contributed by atoms with E-state index >= 15 is 0 Å². The van der Waals surface area contributed by atoms with Crippen LogP contribution in [-0.2, 0) is 6.16 Å². The molecule has 3 nitrogen and oxygen atoms in total. The van der Waals surface area contributed by atoms with Gasteiger partial charge in [0, 0.05) is 52.9 Å². The number of hydrogen-bond acceptors (Lipinski definition) is 5. The van der Waals surface area contributed by atoms with Crippen LogP contribution >= 0.6 is 29.9 Å². The summed E-state index contributed by atoms with van der Waals surface area (Å²) in [5.74, 6) is 0. The van der Waals surface area contributed by atoms with Gasteiger partial charge in [0.25, 0.3) is 0 Å². The van der Waals surface area contributed by atoms with E-state index in [2.05, 4.69) is 218 Å². The molecular formula is C65H79ClLiN2OPS2. The number of anilines is 2. The van der Waals surface area contributed by atoms with Crippen LogP contribution in [0.1, 0.15) is 112 Å². The van der Waals surface area contributed by atoms with Crippen LogP contribution in [0.3, 0.4) is 0 Å². The van der Waals surface area contributed by atoms with Gasteiger partial charge in [-0.05, 0) is 133 Å². The molecule has 0 amide bonds. The van der Waals surface area contributed by atoms with Gasteiger partial charge in [-0.15, -0.1) is 22.7 Å². The third-order valence-corrected chi connectivity index (χ3v) is 18.2. The fraction of sp³-hybridized carbons (Fsp3) is 0.277. The third-order valence-electron chi connectivity index (χ3n) is 11.9. The first-order chi connectivity index (χ1) is 34.5. The maximum absolute atomic E-state index is 10.6. The molecular weight excluding hydrogens is 962 g/mol. The molecule has 73 heavy (non-hydrogen) atoms. The molecule has 0 saturated heterocycles. The first kappa shape index (κ1) is 64.2. The first-order valence-electron chi connectivity index (χ1n) is 25.4. The van der Waals surface area contributed by atoms with Crippen LogP contribution in [0.2, 0.25) is 0 Å². The summed E-state index contributed by atoms with van der Waals surface area (Å²) in [6, 6.07) is 71.2. The topological polar surface area (TPSA) is 23.6 Å². The average molecular weight is 1040 g/mol.